The zero-order valence-electron chi connectivity index (χ0n) is 10.4. The summed E-state index contributed by atoms with van der Waals surface area (Å²) in [7, 11) is 1.62. The molecule has 0 unspecified atom stereocenters. The Hall–Kier alpha value is -1.89. The number of carbonyl (C=O) groups excluding carboxylic acids is 1. The van der Waals surface area contributed by atoms with E-state index in [0.717, 1.165) is 6.07 Å². The molecule has 1 aromatic rings. The maximum Gasteiger partial charge on any atom is 0.255 e. The summed E-state index contributed by atoms with van der Waals surface area (Å²) in [5.74, 6) is -1.01. The van der Waals surface area contributed by atoms with Gasteiger partial charge in [-0.25, -0.2) is 9.24 Å². The minimum atomic E-state index is -0.599. The Labute approximate surface area is 101 Å². The number of hydrogen-bond donors (Lipinski definition) is 0. The van der Waals surface area contributed by atoms with Gasteiger partial charge in [-0.3, -0.25) is 4.79 Å². The second-order valence-corrected chi connectivity index (χ2v) is 4.81. The number of hydrogen-bond acceptors (Lipinski definition) is 1. The lowest BCUT2D eigenvalue weighted by atomic mass is 10.0. The normalized spacial score (nSPS) is 10.8. The number of halogens is 1. The number of benzene rings is 1. The van der Waals surface area contributed by atoms with E-state index in [-0.39, 0.29) is 11.3 Å². The van der Waals surface area contributed by atoms with Crippen molar-refractivity contribution in [3.8, 4) is 0 Å². The van der Waals surface area contributed by atoms with Gasteiger partial charge in [0.15, 0.2) is 5.69 Å². The molecule has 0 radical (unpaired) electrons. The van der Waals surface area contributed by atoms with Crippen molar-refractivity contribution in [3.63, 3.8) is 0 Å². The first kappa shape index (κ1) is 13.2. The van der Waals surface area contributed by atoms with Crippen molar-refractivity contribution in [2.45, 2.75) is 26.3 Å². The van der Waals surface area contributed by atoms with Crippen LogP contribution in [0.15, 0.2) is 18.2 Å². The van der Waals surface area contributed by atoms with Crippen molar-refractivity contribution in [2.75, 3.05) is 7.05 Å². The molecule has 90 valence electrons. The number of amides is 1. The fraction of sp³-hybridized carbons (Fsp3) is 0.385. The Balaban J connectivity index is 3.17. The average molecular weight is 234 g/mol. The highest BCUT2D eigenvalue weighted by atomic mass is 19.1. The van der Waals surface area contributed by atoms with Crippen LogP contribution in [0.2, 0.25) is 0 Å². The highest BCUT2D eigenvalue weighted by Gasteiger charge is 2.25. The third-order valence-electron chi connectivity index (χ3n) is 2.62. The van der Waals surface area contributed by atoms with E-state index in [1.54, 1.807) is 7.05 Å². The van der Waals surface area contributed by atoms with Crippen LogP contribution in [0.4, 0.5) is 10.1 Å². The zero-order valence-corrected chi connectivity index (χ0v) is 10.4. The number of rotatable bonds is 1. The van der Waals surface area contributed by atoms with Crippen LogP contribution >= 0.6 is 0 Å². The zero-order chi connectivity index (χ0) is 13.2. The van der Waals surface area contributed by atoms with E-state index in [4.69, 9.17) is 6.57 Å². The maximum absolute atomic E-state index is 13.6. The molecule has 0 atom stereocenters. The van der Waals surface area contributed by atoms with Gasteiger partial charge in [0.25, 0.3) is 5.91 Å². The molecule has 0 saturated carbocycles. The minimum Gasteiger partial charge on any atom is -0.337 e. The van der Waals surface area contributed by atoms with E-state index in [0.29, 0.717) is 0 Å². The molecule has 0 aromatic heterocycles. The first-order valence-corrected chi connectivity index (χ1v) is 5.22. The smallest absolute Gasteiger partial charge is 0.255 e. The van der Waals surface area contributed by atoms with Crippen LogP contribution < -0.4 is 0 Å². The summed E-state index contributed by atoms with van der Waals surface area (Å²) in [4.78, 5) is 16.7. The Morgan fingerprint density at radius 2 is 2.00 bits per heavy atom. The molecule has 0 aliphatic rings. The lowest BCUT2D eigenvalue weighted by Gasteiger charge is -2.32. The summed E-state index contributed by atoms with van der Waals surface area (Å²) in [6.07, 6.45) is 0. The molecular weight excluding hydrogens is 219 g/mol. The van der Waals surface area contributed by atoms with Crippen molar-refractivity contribution < 1.29 is 9.18 Å². The van der Waals surface area contributed by atoms with Gasteiger partial charge in [0.1, 0.15) is 5.82 Å². The second kappa shape index (κ2) is 4.54. The largest absolute Gasteiger partial charge is 0.337 e. The molecular formula is C13H15FN2O. The van der Waals surface area contributed by atoms with Crippen molar-refractivity contribution in [1.29, 1.82) is 0 Å². The molecule has 1 aromatic carbocycles. The molecule has 0 heterocycles. The van der Waals surface area contributed by atoms with Gasteiger partial charge >= 0.3 is 0 Å². The van der Waals surface area contributed by atoms with Gasteiger partial charge in [-0.2, -0.15) is 0 Å². The lowest BCUT2D eigenvalue weighted by molar-refractivity contribution is 0.0651. The molecule has 0 aliphatic carbocycles. The summed E-state index contributed by atoms with van der Waals surface area (Å²) in [6, 6.07) is 3.79. The Bertz CT molecular complexity index is 483. The van der Waals surface area contributed by atoms with Gasteiger partial charge in [-0.05, 0) is 32.9 Å². The highest BCUT2D eigenvalue weighted by molar-refractivity contribution is 5.95. The van der Waals surface area contributed by atoms with Gasteiger partial charge in [0.2, 0.25) is 0 Å². The number of carbonyl (C=O) groups is 1. The summed E-state index contributed by atoms with van der Waals surface area (Å²) in [5, 5.41) is 0. The standard InChI is InChI=1S/C13H15FN2O/c1-13(2,3)16(5)12(17)10-8-9(15-4)6-7-11(10)14/h6-8H,1-3,5H3. The highest BCUT2D eigenvalue weighted by Crippen LogP contribution is 2.21. The van der Waals surface area contributed by atoms with Crippen LogP contribution in [0, 0.1) is 12.4 Å². The first-order valence-electron chi connectivity index (χ1n) is 5.22. The fourth-order valence-corrected chi connectivity index (χ4v) is 1.23. The Morgan fingerprint density at radius 1 is 1.41 bits per heavy atom. The average Bonchev–Trinajstić information content (AvgIpc) is 2.26. The van der Waals surface area contributed by atoms with E-state index in [2.05, 4.69) is 4.85 Å². The van der Waals surface area contributed by atoms with Crippen molar-refractivity contribution in [2.24, 2.45) is 0 Å². The summed E-state index contributed by atoms with van der Waals surface area (Å²) in [6.45, 7) is 12.4. The van der Waals surface area contributed by atoms with Gasteiger partial charge in [-0.15, -0.1) is 0 Å². The minimum absolute atomic E-state index is 0.0593. The molecule has 4 heteroatoms. The molecule has 17 heavy (non-hydrogen) atoms. The molecule has 0 saturated heterocycles. The van der Waals surface area contributed by atoms with E-state index in [1.807, 2.05) is 20.8 Å². The van der Waals surface area contributed by atoms with E-state index in [9.17, 15) is 9.18 Å². The lowest BCUT2D eigenvalue weighted by Crippen LogP contribution is -2.42. The van der Waals surface area contributed by atoms with Gasteiger partial charge < -0.3 is 4.90 Å². The molecule has 0 spiro atoms. The summed E-state index contributed by atoms with van der Waals surface area (Å²) < 4.78 is 13.6. The third kappa shape index (κ3) is 2.82. The molecule has 0 bridgehead atoms. The Kier molecular flexibility index (Phi) is 3.52. The monoisotopic (exact) mass is 234 g/mol. The molecule has 1 rings (SSSR count). The van der Waals surface area contributed by atoms with Gasteiger partial charge in [0.05, 0.1) is 12.1 Å². The van der Waals surface area contributed by atoms with Crippen LogP contribution in [-0.4, -0.2) is 23.4 Å². The second-order valence-electron chi connectivity index (χ2n) is 4.81. The van der Waals surface area contributed by atoms with Crippen molar-refractivity contribution in [3.05, 3.63) is 41.0 Å². The van der Waals surface area contributed by atoms with Crippen LogP contribution in [0.5, 0.6) is 0 Å². The molecule has 1 amide bonds. The summed E-state index contributed by atoms with van der Waals surface area (Å²) in [5.41, 5.74) is -0.189. The quantitative estimate of drug-likeness (QED) is 0.684. The van der Waals surface area contributed by atoms with Gasteiger partial charge in [-0.1, -0.05) is 6.07 Å². The topological polar surface area (TPSA) is 24.7 Å². The molecule has 0 N–H and O–H groups in total. The van der Waals surface area contributed by atoms with E-state index < -0.39 is 17.3 Å². The molecule has 3 nitrogen and oxygen atoms in total. The maximum atomic E-state index is 13.6. The van der Waals surface area contributed by atoms with Gasteiger partial charge in [0, 0.05) is 12.6 Å². The SMILES string of the molecule is [C-]#[N+]c1ccc(F)c(C(=O)N(C)C(C)(C)C)c1. The fourth-order valence-electron chi connectivity index (χ4n) is 1.23. The van der Waals surface area contributed by atoms with Crippen LogP contribution in [0.3, 0.4) is 0 Å². The predicted octanol–water partition coefficient (Wildman–Crippen LogP) is 3.25. The third-order valence-corrected chi connectivity index (χ3v) is 2.62. The van der Waals surface area contributed by atoms with E-state index >= 15 is 0 Å². The molecule has 0 fully saturated rings. The number of nitrogens with zero attached hydrogens (tertiary/aromatic N) is 2. The van der Waals surface area contributed by atoms with Crippen LogP contribution in [-0.2, 0) is 0 Å². The Morgan fingerprint density at radius 3 is 2.47 bits per heavy atom. The predicted molar refractivity (Wildman–Crippen MR) is 64.5 cm³/mol. The van der Waals surface area contributed by atoms with Crippen molar-refractivity contribution in [1.82, 2.24) is 4.90 Å². The first-order chi connectivity index (χ1) is 7.77. The van der Waals surface area contributed by atoms with E-state index in [1.165, 1.54) is 17.0 Å². The van der Waals surface area contributed by atoms with Crippen LogP contribution in [0.25, 0.3) is 4.85 Å². The van der Waals surface area contributed by atoms with Crippen LogP contribution in [0.1, 0.15) is 31.1 Å². The van der Waals surface area contributed by atoms with Crippen molar-refractivity contribution >= 4 is 11.6 Å². The molecule has 0 aliphatic heterocycles. The summed E-state index contributed by atoms with van der Waals surface area (Å²) >= 11 is 0.